The molecule has 1 amide bonds. The number of hydrogen-bond acceptors (Lipinski definition) is 8. The van der Waals surface area contributed by atoms with E-state index in [9.17, 15) is 22.8 Å². The highest BCUT2D eigenvalue weighted by molar-refractivity contribution is 6.31. The van der Waals surface area contributed by atoms with Gasteiger partial charge in [-0.1, -0.05) is 41.8 Å². The van der Waals surface area contributed by atoms with Gasteiger partial charge in [0.05, 0.1) is 47.5 Å². The maximum absolute atomic E-state index is 13.7. The van der Waals surface area contributed by atoms with Crippen molar-refractivity contribution in [3.8, 4) is 28.3 Å². The van der Waals surface area contributed by atoms with Crippen LogP contribution in [-0.4, -0.2) is 62.5 Å². The van der Waals surface area contributed by atoms with Crippen molar-refractivity contribution in [3.05, 3.63) is 87.4 Å². The molecule has 13 nitrogen and oxygen atoms in total. The summed E-state index contributed by atoms with van der Waals surface area (Å²) in [7, 11) is 1.80. The molecule has 18 heteroatoms. The summed E-state index contributed by atoms with van der Waals surface area (Å²) in [6, 6.07) is 10.2. The van der Waals surface area contributed by atoms with Crippen molar-refractivity contribution in [2.75, 3.05) is 5.32 Å². The fraction of sp³-hybridized carbons (Fsp3) is 0.267. The highest BCUT2D eigenvalue weighted by Gasteiger charge is 2.38. The summed E-state index contributed by atoms with van der Waals surface area (Å²) in [5.41, 5.74) is 4.26. The summed E-state index contributed by atoms with van der Waals surface area (Å²) in [4.78, 5) is 44.7. The largest absolute Gasteiger partial charge is 0.490 e. The van der Waals surface area contributed by atoms with Crippen LogP contribution in [0.25, 0.3) is 28.3 Å². The van der Waals surface area contributed by atoms with E-state index in [2.05, 4.69) is 30.7 Å². The molecule has 4 aromatic heterocycles. The minimum absolute atomic E-state index is 0.0817. The molecule has 1 aliphatic rings. The first kappa shape index (κ1) is 34.3. The van der Waals surface area contributed by atoms with Gasteiger partial charge in [0.25, 0.3) is 5.56 Å². The molecular formula is C30H26Cl2F3N9O4. The molecule has 2 atom stereocenters. The van der Waals surface area contributed by atoms with Crippen molar-refractivity contribution in [2.24, 2.45) is 13.0 Å². The van der Waals surface area contributed by atoms with E-state index in [4.69, 9.17) is 33.1 Å². The first-order chi connectivity index (χ1) is 22.7. The van der Waals surface area contributed by atoms with E-state index in [0.29, 0.717) is 51.9 Å². The van der Waals surface area contributed by atoms with Crippen LogP contribution in [0.2, 0.25) is 10.2 Å². The number of alkyl halides is 3. The number of aromatic nitrogens is 8. The third-order valence-corrected chi connectivity index (χ3v) is 7.94. The zero-order chi connectivity index (χ0) is 34.7. The van der Waals surface area contributed by atoms with Crippen LogP contribution in [-0.2, 0) is 16.6 Å². The number of nitrogens with one attached hydrogen (secondary N) is 1. The van der Waals surface area contributed by atoms with Gasteiger partial charge in [0.2, 0.25) is 5.91 Å². The van der Waals surface area contributed by atoms with Gasteiger partial charge in [-0.25, -0.2) is 14.5 Å². The fourth-order valence-electron chi connectivity index (χ4n) is 5.15. The molecule has 1 aliphatic heterocycles. The van der Waals surface area contributed by atoms with Crippen LogP contribution < -0.4 is 10.9 Å². The lowest BCUT2D eigenvalue weighted by Gasteiger charge is -2.23. The van der Waals surface area contributed by atoms with Crippen LogP contribution in [0.4, 0.5) is 18.9 Å². The fourth-order valence-corrected chi connectivity index (χ4v) is 5.45. The van der Waals surface area contributed by atoms with Crippen LogP contribution in [0.5, 0.6) is 0 Å². The number of anilines is 1. The number of benzene rings is 1. The summed E-state index contributed by atoms with van der Waals surface area (Å²) in [5, 5.41) is 23.1. The third kappa shape index (κ3) is 7.55. The molecule has 0 fully saturated rings. The molecule has 0 spiro atoms. The van der Waals surface area contributed by atoms with Gasteiger partial charge < -0.3 is 10.4 Å². The topological polar surface area (TPSA) is 163 Å². The maximum atomic E-state index is 13.7. The Morgan fingerprint density at radius 3 is 2.48 bits per heavy atom. The lowest BCUT2D eigenvalue weighted by Crippen LogP contribution is -2.26. The molecule has 5 aromatic rings. The number of carboxylic acids is 1. The average molecular weight is 704 g/mol. The molecule has 0 unspecified atom stereocenters. The molecule has 48 heavy (non-hydrogen) atoms. The number of halogens is 5. The molecule has 0 saturated heterocycles. The smallest absolute Gasteiger partial charge is 0.475 e. The van der Waals surface area contributed by atoms with E-state index < -0.39 is 12.1 Å². The number of aliphatic carboxylic acids is 1. The summed E-state index contributed by atoms with van der Waals surface area (Å²) < 4.78 is 36.6. The molecular weight excluding hydrogens is 678 g/mol. The van der Waals surface area contributed by atoms with Crippen molar-refractivity contribution in [3.63, 3.8) is 0 Å². The van der Waals surface area contributed by atoms with E-state index in [0.717, 1.165) is 12.0 Å². The Morgan fingerprint density at radius 1 is 1.06 bits per heavy atom. The first-order valence-corrected chi connectivity index (χ1v) is 15.0. The van der Waals surface area contributed by atoms with Gasteiger partial charge in [-0.15, -0.1) is 5.10 Å². The Kier molecular flexibility index (Phi) is 9.95. The molecule has 1 aromatic carbocycles. The predicted molar refractivity (Wildman–Crippen MR) is 169 cm³/mol. The van der Waals surface area contributed by atoms with E-state index >= 15 is 0 Å². The Labute approximate surface area is 280 Å². The minimum atomic E-state index is -5.08. The molecule has 250 valence electrons. The Morgan fingerprint density at radius 2 is 1.81 bits per heavy atom. The lowest BCUT2D eigenvalue weighted by atomic mass is 9.95. The number of aryl methyl sites for hydroxylation is 1. The van der Waals surface area contributed by atoms with Gasteiger partial charge in [0.1, 0.15) is 5.69 Å². The minimum Gasteiger partial charge on any atom is -0.475 e. The monoisotopic (exact) mass is 703 g/mol. The van der Waals surface area contributed by atoms with Gasteiger partial charge in [0, 0.05) is 35.8 Å². The number of carboxylic acid groups (broad SMARTS) is 1. The van der Waals surface area contributed by atoms with Crippen LogP contribution in [0, 0.1) is 5.92 Å². The Hall–Kier alpha value is -5.09. The molecule has 2 N–H and O–H groups in total. The summed E-state index contributed by atoms with van der Waals surface area (Å²) in [6.45, 7) is 1.90. The number of amides is 1. The Balaban J connectivity index is 0.000000582. The highest BCUT2D eigenvalue weighted by atomic mass is 35.5. The second-order valence-corrected chi connectivity index (χ2v) is 11.6. The van der Waals surface area contributed by atoms with Crippen molar-refractivity contribution >= 4 is 40.8 Å². The highest BCUT2D eigenvalue weighted by Crippen LogP contribution is 2.33. The van der Waals surface area contributed by atoms with Gasteiger partial charge in [0.15, 0.2) is 5.15 Å². The number of hydrogen-bond donors (Lipinski definition) is 2. The number of rotatable bonds is 3. The zero-order valence-corrected chi connectivity index (χ0v) is 26.7. The summed E-state index contributed by atoms with van der Waals surface area (Å²) >= 11 is 12.3. The van der Waals surface area contributed by atoms with Gasteiger partial charge >= 0.3 is 12.1 Å². The van der Waals surface area contributed by atoms with Crippen LogP contribution in [0.1, 0.15) is 37.8 Å². The third-order valence-electron chi connectivity index (χ3n) is 7.53. The summed E-state index contributed by atoms with van der Waals surface area (Å²) in [6.07, 6.45) is 3.37. The van der Waals surface area contributed by atoms with Crippen molar-refractivity contribution in [1.29, 1.82) is 0 Å². The first-order valence-electron chi connectivity index (χ1n) is 14.3. The molecule has 0 aliphatic carbocycles. The number of fused-ring (bicyclic) bond motifs is 4. The number of pyridine rings is 1. The molecule has 6 rings (SSSR count). The number of nitrogens with zero attached hydrogens (tertiary/aromatic N) is 8. The van der Waals surface area contributed by atoms with Gasteiger partial charge in [-0.3, -0.25) is 23.8 Å². The molecule has 0 saturated carbocycles. The zero-order valence-electron chi connectivity index (χ0n) is 25.2. The Bertz CT molecular complexity index is 2040. The molecule has 0 radical (unpaired) electrons. The lowest BCUT2D eigenvalue weighted by molar-refractivity contribution is -0.192. The normalized spacial score (nSPS) is 16.4. The summed E-state index contributed by atoms with van der Waals surface area (Å²) in [5.74, 6) is -3.06. The predicted octanol–water partition coefficient (Wildman–Crippen LogP) is 5.57. The second kappa shape index (κ2) is 13.9. The average Bonchev–Trinajstić information content (AvgIpc) is 3.63. The van der Waals surface area contributed by atoms with E-state index in [1.807, 2.05) is 19.1 Å². The molecule has 5 heterocycles. The molecule has 2 bridgehead atoms. The van der Waals surface area contributed by atoms with Crippen LogP contribution in [0.3, 0.4) is 0 Å². The SMILES string of the molecule is C[C@@H]1CCC[C@H](n2cnc(-c3cc(Cl)ccc3-n3cc(Cl)nn3)cc2=O)c2ccnc(c2)-c2c(cnn2C)NC1=O.O=C(O)C(F)(F)F. The standard InChI is InChI=1S/C28H25Cl2N9O2.C2HF3O2/c1-16-4-3-5-23(17-8-9-31-21(10-17)27-22(34-28(16)41)13-33-37(27)2)38-15-32-20(12-26(38)40)19-11-18(29)6-7-24(19)39-14-25(30)35-36-39;3-2(4,5)1(6)7/h6-16,23H,3-5H2,1-2H3,(H,34,41);(H,6,7)/t16-,23+;/m1./s1. The van der Waals surface area contributed by atoms with Crippen molar-refractivity contribution in [1.82, 2.24) is 39.3 Å². The van der Waals surface area contributed by atoms with E-state index in [1.165, 1.54) is 10.7 Å². The van der Waals surface area contributed by atoms with Crippen molar-refractivity contribution in [2.45, 2.75) is 38.4 Å². The second-order valence-electron chi connectivity index (χ2n) is 10.8. The van der Waals surface area contributed by atoms with E-state index in [-0.39, 0.29) is 28.6 Å². The van der Waals surface area contributed by atoms with E-state index in [1.54, 1.807) is 59.4 Å². The van der Waals surface area contributed by atoms with Crippen LogP contribution in [0.15, 0.2) is 66.1 Å². The number of carbonyl (C=O) groups is 2. The van der Waals surface area contributed by atoms with Gasteiger partial charge in [-0.05, 0) is 48.7 Å². The number of carbonyl (C=O) groups excluding carboxylic acids is 1. The van der Waals surface area contributed by atoms with Crippen molar-refractivity contribution < 1.29 is 27.9 Å². The quantitative estimate of drug-likeness (QED) is 0.244. The maximum Gasteiger partial charge on any atom is 0.490 e. The van der Waals surface area contributed by atoms with Crippen LogP contribution >= 0.6 is 23.2 Å². The van der Waals surface area contributed by atoms with Gasteiger partial charge in [-0.2, -0.15) is 18.3 Å².